The van der Waals surface area contributed by atoms with Gasteiger partial charge in [-0.1, -0.05) is 41.4 Å². The molecule has 0 aliphatic carbocycles. The Morgan fingerprint density at radius 3 is 2.45 bits per heavy atom. The lowest BCUT2D eigenvalue weighted by Gasteiger charge is -2.07. The van der Waals surface area contributed by atoms with Crippen LogP contribution in [0.25, 0.3) is 0 Å². The van der Waals surface area contributed by atoms with Gasteiger partial charge in [0, 0.05) is 12.1 Å². The summed E-state index contributed by atoms with van der Waals surface area (Å²) >= 11 is 5.79. The highest BCUT2D eigenvalue weighted by Gasteiger charge is 2.11. The maximum atomic E-state index is 11.9. The molecule has 2 aromatic carbocycles. The van der Waals surface area contributed by atoms with Crippen molar-refractivity contribution in [2.75, 3.05) is 5.32 Å². The monoisotopic (exact) mass is 317 g/mol. The van der Waals surface area contributed by atoms with Crippen LogP contribution in [0.15, 0.2) is 42.5 Å². The van der Waals surface area contributed by atoms with E-state index in [1.165, 1.54) is 17.7 Å². The van der Waals surface area contributed by atoms with Crippen molar-refractivity contribution in [1.29, 1.82) is 0 Å². The first-order valence-electron chi connectivity index (χ1n) is 6.84. The second-order valence-corrected chi connectivity index (χ2v) is 5.44. The lowest BCUT2D eigenvalue weighted by Crippen LogP contribution is -2.13. The van der Waals surface area contributed by atoms with Crippen molar-refractivity contribution in [3.8, 4) is 0 Å². The summed E-state index contributed by atoms with van der Waals surface area (Å²) in [4.78, 5) is 22.9. The number of amides is 1. The molecule has 0 spiro atoms. The first kappa shape index (κ1) is 16.0. The number of carbonyl (C=O) groups excluding carboxylic acids is 1. The number of carbonyl (C=O) groups is 2. The average molecular weight is 318 g/mol. The summed E-state index contributed by atoms with van der Waals surface area (Å²) in [5.74, 6) is -1.29. The molecule has 114 valence electrons. The van der Waals surface area contributed by atoms with E-state index in [-0.39, 0.29) is 16.5 Å². The van der Waals surface area contributed by atoms with Gasteiger partial charge in [0.2, 0.25) is 5.91 Å². The Bertz CT molecular complexity index is 696. The van der Waals surface area contributed by atoms with Gasteiger partial charge in [-0.2, -0.15) is 0 Å². The van der Waals surface area contributed by atoms with E-state index in [2.05, 4.69) is 5.32 Å². The van der Waals surface area contributed by atoms with Gasteiger partial charge in [0.15, 0.2) is 0 Å². The number of hydrogen-bond donors (Lipinski definition) is 2. The molecule has 0 unspecified atom stereocenters. The Morgan fingerprint density at radius 2 is 1.82 bits per heavy atom. The predicted octanol–water partition coefficient (Wildman–Crippen LogP) is 3.92. The standard InChI is InChI=1S/C17H16ClNO3/c1-11-2-4-12(5-3-11)6-9-16(20)19-13-7-8-15(18)14(10-13)17(21)22/h2-5,7-8,10H,6,9H2,1H3,(H,19,20)(H,21,22). The van der Waals surface area contributed by atoms with Crippen molar-refractivity contribution in [3.05, 3.63) is 64.2 Å². The molecule has 22 heavy (non-hydrogen) atoms. The molecule has 0 heterocycles. The van der Waals surface area contributed by atoms with E-state index < -0.39 is 5.97 Å². The van der Waals surface area contributed by atoms with E-state index in [4.69, 9.17) is 16.7 Å². The molecule has 0 bridgehead atoms. The molecule has 0 fully saturated rings. The number of aromatic carboxylic acids is 1. The number of benzene rings is 2. The Morgan fingerprint density at radius 1 is 1.14 bits per heavy atom. The summed E-state index contributed by atoms with van der Waals surface area (Å²) in [6.07, 6.45) is 0.958. The largest absolute Gasteiger partial charge is 0.478 e. The van der Waals surface area contributed by atoms with Crippen molar-refractivity contribution < 1.29 is 14.7 Å². The molecule has 2 aromatic rings. The van der Waals surface area contributed by atoms with Gasteiger partial charge in [0.1, 0.15) is 0 Å². The number of aryl methyl sites for hydroxylation is 2. The van der Waals surface area contributed by atoms with Crippen LogP contribution in [0, 0.1) is 6.92 Å². The highest BCUT2D eigenvalue weighted by Crippen LogP contribution is 2.20. The van der Waals surface area contributed by atoms with E-state index in [1.807, 2.05) is 31.2 Å². The maximum Gasteiger partial charge on any atom is 0.337 e. The van der Waals surface area contributed by atoms with Crippen molar-refractivity contribution in [2.45, 2.75) is 19.8 Å². The fourth-order valence-electron chi connectivity index (χ4n) is 2.00. The topological polar surface area (TPSA) is 66.4 Å². The molecule has 0 aromatic heterocycles. The van der Waals surface area contributed by atoms with Crippen LogP contribution in [0.1, 0.15) is 27.9 Å². The van der Waals surface area contributed by atoms with Gasteiger partial charge in [0.25, 0.3) is 0 Å². The van der Waals surface area contributed by atoms with Crippen LogP contribution in [0.3, 0.4) is 0 Å². The summed E-state index contributed by atoms with van der Waals surface area (Å²) < 4.78 is 0. The third-order valence-corrected chi connectivity index (χ3v) is 3.57. The minimum atomic E-state index is -1.12. The number of hydrogen-bond acceptors (Lipinski definition) is 2. The van der Waals surface area contributed by atoms with Crippen LogP contribution >= 0.6 is 11.6 Å². The Balaban J connectivity index is 1.96. The lowest BCUT2D eigenvalue weighted by molar-refractivity contribution is -0.116. The van der Waals surface area contributed by atoms with Gasteiger partial charge in [-0.3, -0.25) is 4.79 Å². The first-order valence-corrected chi connectivity index (χ1v) is 7.22. The van der Waals surface area contributed by atoms with Crippen molar-refractivity contribution >= 4 is 29.2 Å². The summed E-state index contributed by atoms with van der Waals surface area (Å²) in [5.41, 5.74) is 2.66. The third-order valence-electron chi connectivity index (χ3n) is 3.24. The van der Waals surface area contributed by atoms with Gasteiger partial charge < -0.3 is 10.4 Å². The van der Waals surface area contributed by atoms with Gasteiger partial charge in [-0.15, -0.1) is 0 Å². The summed E-state index contributed by atoms with van der Waals surface area (Å²) in [6.45, 7) is 2.01. The average Bonchev–Trinajstić information content (AvgIpc) is 2.48. The molecule has 2 N–H and O–H groups in total. The second-order valence-electron chi connectivity index (χ2n) is 5.03. The van der Waals surface area contributed by atoms with E-state index >= 15 is 0 Å². The first-order chi connectivity index (χ1) is 10.5. The Hall–Kier alpha value is -2.33. The molecule has 0 saturated carbocycles. The lowest BCUT2D eigenvalue weighted by atomic mass is 10.1. The Labute approximate surface area is 133 Å². The second kappa shape index (κ2) is 7.09. The van der Waals surface area contributed by atoms with Crippen molar-refractivity contribution in [3.63, 3.8) is 0 Å². The zero-order chi connectivity index (χ0) is 16.1. The smallest absolute Gasteiger partial charge is 0.337 e. The molecule has 1 amide bonds. The Kier molecular flexibility index (Phi) is 5.17. The molecule has 0 aliphatic heterocycles. The van der Waals surface area contributed by atoms with Crippen LogP contribution in [0.5, 0.6) is 0 Å². The molecule has 0 aliphatic rings. The summed E-state index contributed by atoms with van der Waals surface area (Å²) in [6, 6.07) is 12.4. The quantitative estimate of drug-likeness (QED) is 0.878. The SMILES string of the molecule is Cc1ccc(CCC(=O)Nc2ccc(Cl)c(C(=O)O)c2)cc1. The number of carboxylic acids is 1. The van der Waals surface area contributed by atoms with E-state index in [1.54, 1.807) is 6.07 Å². The zero-order valence-electron chi connectivity index (χ0n) is 12.1. The molecule has 0 atom stereocenters. The number of anilines is 1. The normalized spacial score (nSPS) is 10.3. The predicted molar refractivity (Wildman–Crippen MR) is 86.5 cm³/mol. The van der Waals surface area contributed by atoms with E-state index in [0.717, 1.165) is 5.56 Å². The summed E-state index contributed by atoms with van der Waals surface area (Å²) in [5, 5.41) is 11.8. The fraction of sp³-hybridized carbons (Fsp3) is 0.176. The van der Waals surface area contributed by atoms with Crippen LogP contribution in [0.4, 0.5) is 5.69 Å². The molecule has 4 nitrogen and oxygen atoms in total. The minimum Gasteiger partial charge on any atom is -0.478 e. The van der Waals surface area contributed by atoms with E-state index in [9.17, 15) is 9.59 Å². The maximum absolute atomic E-state index is 11.9. The van der Waals surface area contributed by atoms with Crippen LogP contribution in [-0.2, 0) is 11.2 Å². The number of nitrogens with one attached hydrogen (secondary N) is 1. The molecule has 0 radical (unpaired) electrons. The minimum absolute atomic E-state index is 0.0296. The molecular weight excluding hydrogens is 302 g/mol. The number of rotatable bonds is 5. The highest BCUT2D eigenvalue weighted by atomic mass is 35.5. The summed E-state index contributed by atoms with van der Waals surface area (Å²) in [7, 11) is 0. The van der Waals surface area contributed by atoms with Gasteiger partial charge >= 0.3 is 5.97 Å². The molecule has 0 saturated heterocycles. The zero-order valence-corrected chi connectivity index (χ0v) is 12.9. The molecule has 2 rings (SSSR count). The van der Waals surface area contributed by atoms with Crippen molar-refractivity contribution in [1.82, 2.24) is 0 Å². The van der Waals surface area contributed by atoms with Crippen LogP contribution in [-0.4, -0.2) is 17.0 Å². The van der Waals surface area contributed by atoms with E-state index in [0.29, 0.717) is 18.5 Å². The van der Waals surface area contributed by atoms with Gasteiger partial charge in [0.05, 0.1) is 10.6 Å². The number of carboxylic acid groups (broad SMARTS) is 1. The van der Waals surface area contributed by atoms with Crippen LogP contribution in [0.2, 0.25) is 5.02 Å². The third kappa shape index (κ3) is 4.33. The fourth-order valence-corrected chi connectivity index (χ4v) is 2.20. The van der Waals surface area contributed by atoms with Crippen molar-refractivity contribution in [2.24, 2.45) is 0 Å². The highest BCUT2D eigenvalue weighted by molar-refractivity contribution is 6.33. The number of halogens is 1. The van der Waals surface area contributed by atoms with Gasteiger partial charge in [-0.25, -0.2) is 4.79 Å². The molecular formula is C17H16ClNO3. The van der Waals surface area contributed by atoms with Crippen LogP contribution < -0.4 is 5.32 Å². The molecule has 5 heteroatoms. The van der Waals surface area contributed by atoms with Gasteiger partial charge in [-0.05, 0) is 37.1 Å².